The number of halogens is 1. The zero-order valence-electron chi connectivity index (χ0n) is 10.4. The van der Waals surface area contributed by atoms with Crippen LogP contribution in [0.25, 0.3) is 0 Å². The van der Waals surface area contributed by atoms with Crippen LogP contribution in [0, 0.1) is 15.9 Å². The second-order valence-electron chi connectivity index (χ2n) is 4.44. The summed E-state index contributed by atoms with van der Waals surface area (Å²) in [5.74, 6) is -1.60. The van der Waals surface area contributed by atoms with Crippen molar-refractivity contribution < 1.29 is 18.9 Å². The number of nitrogens with one attached hydrogen (secondary N) is 2. The van der Waals surface area contributed by atoms with Gasteiger partial charge in [-0.05, 0) is 18.6 Å². The molecule has 0 bridgehead atoms. The molecule has 1 saturated heterocycles. The molecule has 1 fully saturated rings. The van der Waals surface area contributed by atoms with E-state index < -0.39 is 22.3 Å². The minimum atomic E-state index is -0.989. The van der Waals surface area contributed by atoms with Crippen molar-refractivity contribution in [1.29, 1.82) is 0 Å². The smallest absolute Gasteiger partial charge is 0.305 e. The molecule has 1 unspecified atom stereocenters. The molecule has 8 heteroatoms. The van der Waals surface area contributed by atoms with Crippen LogP contribution in [0.1, 0.15) is 23.2 Å². The summed E-state index contributed by atoms with van der Waals surface area (Å²) < 4.78 is 13.2. The molecular formula is C12H12FN3O4. The summed E-state index contributed by atoms with van der Waals surface area (Å²) >= 11 is 0. The fourth-order valence-electron chi connectivity index (χ4n) is 1.92. The molecule has 0 saturated carbocycles. The van der Waals surface area contributed by atoms with Crippen LogP contribution in [-0.2, 0) is 4.79 Å². The van der Waals surface area contributed by atoms with Crippen molar-refractivity contribution in [1.82, 2.24) is 10.6 Å². The number of hydrogen-bond acceptors (Lipinski definition) is 4. The normalized spacial score (nSPS) is 18.2. The number of carbonyl (C=O) groups is 2. The Hall–Kier alpha value is -2.51. The summed E-state index contributed by atoms with van der Waals surface area (Å²) in [6, 6.07) is 2.73. The van der Waals surface area contributed by atoms with Gasteiger partial charge in [0.05, 0.1) is 4.92 Å². The minimum Gasteiger partial charge on any atom is -0.354 e. The van der Waals surface area contributed by atoms with Gasteiger partial charge < -0.3 is 10.6 Å². The maximum absolute atomic E-state index is 13.2. The molecule has 20 heavy (non-hydrogen) atoms. The van der Waals surface area contributed by atoms with E-state index in [1.54, 1.807) is 0 Å². The van der Waals surface area contributed by atoms with Gasteiger partial charge in [-0.1, -0.05) is 0 Å². The van der Waals surface area contributed by atoms with Crippen LogP contribution in [-0.4, -0.2) is 29.3 Å². The fourth-order valence-corrected chi connectivity index (χ4v) is 1.92. The van der Waals surface area contributed by atoms with E-state index in [0.717, 1.165) is 12.1 Å². The molecule has 1 aliphatic heterocycles. The molecule has 1 atom stereocenters. The first-order valence-electron chi connectivity index (χ1n) is 5.99. The monoisotopic (exact) mass is 281 g/mol. The third kappa shape index (κ3) is 3.08. The van der Waals surface area contributed by atoms with Crippen LogP contribution in [0.15, 0.2) is 18.2 Å². The van der Waals surface area contributed by atoms with E-state index in [4.69, 9.17) is 0 Å². The van der Waals surface area contributed by atoms with E-state index in [9.17, 15) is 24.1 Å². The number of piperidine rings is 1. The number of nitro benzene ring substituents is 1. The first kappa shape index (κ1) is 13.9. The molecule has 1 aliphatic rings. The fraction of sp³-hybridized carbons (Fsp3) is 0.333. The molecular weight excluding hydrogens is 269 g/mol. The van der Waals surface area contributed by atoms with Crippen LogP contribution in [0.3, 0.4) is 0 Å². The standard InChI is InChI=1S/C12H12FN3O4/c13-9-3-1-7(5-10(9)16(19)20)12(18)15-8-2-4-11(17)14-6-8/h1,3,5,8H,2,4,6H2,(H,14,17)(H,15,18). The molecule has 0 aromatic heterocycles. The minimum absolute atomic E-state index is 0.00926. The van der Waals surface area contributed by atoms with Gasteiger partial charge in [-0.2, -0.15) is 4.39 Å². The van der Waals surface area contributed by atoms with Gasteiger partial charge >= 0.3 is 5.69 Å². The Kier molecular flexibility index (Phi) is 3.92. The number of rotatable bonds is 3. The molecule has 2 rings (SSSR count). The maximum Gasteiger partial charge on any atom is 0.305 e. The van der Waals surface area contributed by atoms with Crippen molar-refractivity contribution in [2.24, 2.45) is 0 Å². The van der Waals surface area contributed by atoms with Crippen LogP contribution in [0.2, 0.25) is 0 Å². The Morgan fingerprint density at radius 2 is 2.25 bits per heavy atom. The summed E-state index contributed by atoms with van der Waals surface area (Å²) in [6.07, 6.45) is 0.815. The number of benzene rings is 1. The van der Waals surface area contributed by atoms with Crippen LogP contribution in [0.4, 0.5) is 10.1 Å². The molecule has 0 radical (unpaired) electrons. The molecule has 106 valence electrons. The summed E-state index contributed by atoms with van der Waals surface area (Å²) in [5, 5.41) is 15.9. The second-order valence-corrected chi connectivity index (χ2v) is 4.44. The highest BCUT2D eigenvalue weighted by Crippen LogP contribution is 2.18. The van der Waals surface area contributed by atoms with Crippen LogP contribution in [0.5, 0.6) is 0 Å². The summed E-state index contributed by atoms with van der Waals surface area (Å²) in [6.45, 7) is 0.313. The van der Waals surface area contributed by atoms with Crippen LogP contribution >= 0.6 is 0 Å². The van der Waals surface area contributed by atoms with Gasteiger partial charge in [0, 0.05) is 30.6 Å². The van der Waals surface area contributed by atoms with Crippen molar-refractivity contribution in [3.63, 3.8) is 0 Å². The number of amides is 2. The first-order valence-corrected chi connectivity index (χ1v) is 5.99. The molecule has 0 spiro atoms. The summed E-state index contributed by atoms with van der Waals surface area (Å²) in [4.78, 5) is 32.6. The van der Waals surface area contributed by atoms with Crippen molar-refractivity contribution in [3.05, 3.63) is 39.7 Å². The summed E-state index contributed by atoms with van der Waals surface area (Å²) in [5.41, 5.74) is -0.732. The third-order valence-electron chi connectivity index (χ3n) is 3.01. The Labute approximate surface area is 113 Å². The third-order valence-corrected chi connectivity index (χ3v) is 3.01. The topological polar surface area (TPSA) is 101 Å². The van der Waals surface area contributed by atoms with Gasteiger partial charge in [-0.3, -0.25) is 19.7 Å². The lowest BCUT2D eigenvalue weighted by atomic mass is 10.1. The Morgan fingerprint density at radius 3 is 2.85 bits per heavy atom. The molecule has 1 heterocycles. The van der Waals surface area contributed by atoms with Gasteiger partial charge in [0.1, 0.15) is 0 Å². The maximum atomic E-state index is 13.2. The van der Waals surface area contributed by atoms with Crippen LogP contribution < -0.4 is 10.6 Å². The summed E-state index contributed by atoms with van der Waals surface area (Å²) in [7, 11) is 0. The van der Waals surface area contributed by atoms with Crippen molar-refractivity contribution in [2.45, 2.75) is 18.9 Å². The number of carbonyl (C=O) groups excluding carboxylic acids is 2. The van der Waals surface area contributed by atoms with Crippen molar-refractivity contribution in [2.75, 3.05) is 6.54 Å². The molecule has 2 amide bonds. The van der Waals surface area contributed by atoms with E-state index in [1.165, 1.54) is 6.07 Å². The highest BCUT2D eigenvalue weighted by Gasteiger charge is 2.22. The molecule has 0 aliphatic carbocycles. The van der Waals surface area contributed by atoms with E-state index in [2.05, 4.69) is 10.6 Å². The lowest BCUT2D eigenvalue weighted by molar-refractivity contribution is -0.387. The lowest BCUT2D eigenvalue weighted by Crippen LogP contribution is -2.47. The SMILES string of the molecule is O=C1CCC(NC(=O)c2ccc(F)c([N+](=O)[O-])c2)CN1. The highest BCUT2D eigenvalue weighted by molar-refractivity contribution is 5.95. The Balaban J connectivity index is 2.07. The van der Waals surface area contributed by atoms with E-state index >= 15 is 0 Å². The van der Waals surface area contributed by atoms with Gasteiger partial charge in [-0.15, -0.1) is 0 Å². The second kappa shape index (κ2) is 5.64. The predicted octanol–water partition coefficient (Wildman–Crippen LogP) is 0.742. The molecule has 1 aromatic rings. The van der Waals surface area contributed by atoms with E-state index in [1.807, 2.05) is 0 Å². The van der Waals surface area contributed by atoms with Gasteiger partial charge in [0.25, 0.3) is 5.91 Å². The number of hydrogen-bond donors (Lipinski definition) is 2. The molecule has 7 nitrogen and oxygen atoms in total. The van der Waals surface area contributed by atoms with E-state index in [0.29, 0.717) is 19.4 Å². The van der Waals surface area contributed by atoms with Gasteiger partial charge in [0.15, 0.2) is 0 Å². The quantitative estimate of drug-likeness (QED) is 0.630. The van der Waals surface area contributed by atoms with Gasteiger partial charge in [-0.25, -0.2) is 0 Å². The van der Waals surface area contributed by atoms with Crippen molar-refractivity contribution >= 4 is 17.5 Å². The zero-order chi connectivity index (χ0) is 14.7. The largest absolute Gasteiger partial charge is 0.354 e. The Morgan fingerprint density at radius 1 is 1.50 bits per heavy atom. The predicted molar refractivity (Wildman–Crippen MR) is 66.6 cm³/mol. The zero-order valence-corrected chi connectivity index (χ0v) is 10.4. The van der Waals surface area contributed by atoms with E-state index in [-0.39, 0.29) is 17.5 Å². The molecule has 2 N–H and O–H groups in total. The average Bonchev–Trinajstić information content (AvgIpc) is 2.41. The Bertz CT molecular complexity index is 566. The average molecular weight is 281 g/mol. The van der Waals surface area contributed by atoms with Gasteiger partial charge in [0.2, 0.25) is 11.7 Å². The number of nitrogens with zero attached hydrogens (tertiary/aromatic N) is 1. The highest BCUT2D eigenvalue weighted by atomic mass is 19.1. The lowest BCUT2D eigenvalue weighted by Gasteiger charge is -2.23. The first-order chi connectivity index (χ1) is 9.47. The number of nitro groups is 1. The van der Waals surface area contributed by atoms with Crippen molar-refractivity contribution in [3.8, 4) is 0 Å². The molecule has 1 aromatic carbocycles.